The molecule has 0 bridgehead atoms. The monoisotopic (exact) mass is 264 g/mol. The van der Waals surface area contributed by atoms with E-state index >= 15 is 0 Å². The Morgan fingerprint density at radius 3 is 2.78 bits per heavy atom. The van der Waals surface area contributed by atoms with E-state index in [2.05, 4.69) is 4.74 Å². The van der Waals surface area contributed by atoms with E-state index in [1.54, 1.807) is 6.92 Å². The van der Waals surface area contributed by atoms with Gasteiger partial charge in [0, 0.05) is 6.61 Å². The molecule has 3 saturated heterocycles. The van der Waals surface area contributed by atoms with Gasteiger partial charge in [-0.2, -0.15) is 0 Å². The van der Waals surface area contributed by atoms with Crippen molar-refractivity contribution in [2.24, 2.45) is 0 Å². The van der Waals surface area contributed by atoms with Crippen LogP contribution in [0.5, 0.6) is 0 Å². The highest BCUT2D eigenvalue weighted by Crippen LogP contribution is 2.77. The quantitative estimate of drug-likeness (QED) is 0.355. The molecular weight excluding hydrogens is 248 g/mol. The minimum Gasteiger partial charge on any atom is -0.371 e. The number of aliphatic hydroxyl groups is 1. The zero-order valence-electron chi connectivity index (χ0n) is 10.2. The van der Waals surface area contributed by atoms with Gasteiger partial charge < -0.3 is 33.5 Å². The number of hydrogen-bond donors (Lipinski definition) is 1. The first-order valence-corrected chi connectivity index (χ1v) is 5.74. The summed E-state index contributed by atoms with van der Waals surface area (Å²) in [4.78, 5) is 0. The Morgan fingerprint density at radius 2 is 2.06 bits per heavy atom. The molecule has 0 aromatic rings. The first-order valence-electron chi connectivity index (χ1n) is 5.74. The van der Waals surface area contributed by atoms with Crippen LogP contribution in [-0.2, 0) is 33.2 Å². The maximum absolute atomic E-state index is 8.37. The second kappa shape index (κ2) is 4.09. The van der Waals surface area contributed by atoms with Crippen LogP contribution in [0.1, 0.15) is 13.8 Å². The Kier molecular flexibility index (Phi) is 2.88. The summed E-state index contributed by atoms with van der Waals surface area (Å²) in [5.74, 6) is -2.54. The Bertz CT molecular complexity index is 338. The Labute approximate surface area is 104 Å². The van der Waals surface area contributed by atoms with E-state index in [0.29, 0.717) is 6.61 Å². The first kappa shape index (κ1) is 12.7. The molecule has 4 atom stereocenters. The molecule has 8 nitrogen and oxygen atoms in total. The highest BCUT2D eigenvalue weighted by molar-refractivity contribution is 5.28. The van der Waals surface area contributed by atoms with Gasteiger partial charge in [0.1, 0.15) is 6.79 Å². The lowest BCUT2D eigenvalue weighted by atomic mass is 10.2. The van der Waals surface area contributed by atoms with Crippen molar-refractivity contribution in [3.63, 3.8) is 0 Å². The highest BCUT2D eigenvalue weighted by Gasteiger charge is 3.04. The van der Waals surface area contributed by atoms with E-state index in [1.165, 1.54) is 0 Å². The van der Waals surface area contributed by atoms with Crippen LogP contribution in [0.2, 0.25) is 0 Å². The van der Waals surface area contributed by atoms with Crippen molar-refractivity contribution in [1.29, 1.82) is 0 Å². The predicted octanol–water partition coefficient (Wildman–Crippen LogP) is -0.537. The second-order valence-corrected chi connectivity index (χ2v) is 4.26. The summed E-state index contributed by atoms with van der Waals surface area (Å²) in [5, 5.41) is 8.37. The first-order chi connectivity index (χ1) is 8.64. The van der Waals surface area contributed by atoms with Gasteiger partial charge in [-0.3, -0.25) is 4.74 Å². The maximum atomic E-state index is 8.37. The Hall–Kier alpha value is -0.320. The van der Waals surface area contributed by atoms with Crippen LogP contribution >= 0.6 is 0 Å². The second-order valence-electron chi connectivity index (χ2n) is 4.26. The van der Waals surface area contributed by atoms with Crippen LogP contribution in [0.25, 0.3) is 0 Å². The molecule has 0 amide bonds. The van der Waals surface area contributed by atoms with Gasteiger partial charge in [-0.05, 0) is 13.8 Å². The lowest BCUT2D eigenvalue weighted by molar-refractivity contribution is -0.189. The lowest BCUT2D eigenvalue weighted by Gasteiger charge is -2.07. The fourth-order valence-corrected chi connectivity index (χ4v) is 2.07. The van der Waals surface area contributed by atoms with Crippen LogP contribution in [0.3, 0.4) is 0 Å². The van der Waals surface area contributed by atoms with E-state index in [-0.39, 0.29) is 19.9 Å². The van der Waals surface area contributed by atoms with Crippen LogP contribution in [0, 0.1) is 0 Å². The molecule has 3 aliphatic heterocycles. The molecule has 8 heteroatoms. The topological polar surface area (TPSA) is 94.7 Å². The molecule has 1 N–H and O–H groups in total. The normalized spacial score (nSPS) is 47.8. The summed E-state index contributed by atoms with van der Waals surface area (Å²) in [6.07, 6.45) is -0.383. The minimum absolute atomic E-state index is 0.0308. The SMILES string of the molecule is CCOC1OC12OC21OC1(C)OCOCOCO. The van der Waals surface area contributed by atoms with E-state index in [1.807, 2.05) is 6.92 Å². The third-order valence-corrected chi connectivity index (χ3v) is 3.14. The van der Waals surface area contributed by atoms with Gasteiger partial charge in [0.05, 0.1) is 0 Å². The van der Waals surface area contributed by atoms with Gasteiger partial charge in [-0.1, -0.05) is 0 Å². The molecule has 3 heterocycles. The van der Waals surface area contributed by atoms with E-state index in [0.717, 1.165) is 0 Å². The Balaban J connectivity index is 1.41. The number of epoxide rings is 3. The van der Waals surface area contributed by atoms with Gasteiger partial charge in [0.2, 0.25) is 12.1 Å². The summed E-state index contributed by atoms with van der Waals surface area (Å²) in [7, 11) is 0. The standard InChI is InChI=1S/C10H16O8/c1-3-14-7-9(16-7)10(18-9)8(2,17-10)15-6-13-5-12-4-11/h7,11H,3-6H2,1-2H3. The van der Waals surface area contributed by atoms with Gasteiger partial charge in [0.25, 0.3) is 11.6 Å². The molecule has 18 heavy (non-hydrogen) atoms. The molecule has 0 aliphatic carbocycles. The molecule has 3 rings (SSSR count). The summed E-state index contributed by atoms with van der Waals surface area (Å²) in [5.41, 5.74) is 0. The average molecular weight is 264 g/mol. The molecule has 0 aromatic carbocycles. The largest absolute Gasteiger partial charge is 0.371 e. The third kappa shape index (κ3) is 1.62. The van der Waals surface area contributed by atoms with Crippen molar-refractivity contribution in [1.82, 2.24) is 0 Å². The number of rotatable bonds is 8. The molecular formula is C10H16O8. The van der Waals surface area contributed by atoms with Gasteiger partial charge in [0.15, 0.2) is 13.6 Å². The van der Waals surface area contributed by atoms with Crippen molar-refractivity contribution in [3.8, 4) is 0 Å². The van der Waals surface area contributed by atoms with E-state index < -0.39 is 24.2 Å². The smallest absolute Gasteiger partial charge is 0.290 e. The average Bonchev–Trinajstić information content (AvgIpc) is 3.24. The fourth-order valence-electron chi connectivity index (χ4n) is 2.07. The molecule has 104 valence electrons. The van der Waals surface area contributed by atoms with Crippen LogP contribution < -0.4 is 0 Å². The number of fused-ring (bicyclic) bond motifs is 1. The molecule has 3 fully saturated rings. The van der Waals surface area contributed by atoms with Crippen molar-refractivity contribution in [3.05, 3.63) is 0 Å². The third-order valence-electron chi connectivity index (χ3n) is 3.14. The Morgan fingerprint density at radius 1 is 1.22 bits per heavy atom. The number of aliphatic hydroxyl groups excluding tert-OH is 1. The van der Waals surface area contributed by atoms with Gasteiger partial charge in [-0.25, -0.2) is 0 Å². The van der Waals surface area contributed by atoms with Gasteiger partial charge in [-0.15, -0.1) is 0 Å². The molecule has 3 aliphatic rings. The zero-order valence-corrected chi connectivity index (χ0v) is 10.2. The molecule has 0 saturated carbocycles. The highest BCUT2D eigenvalue weighted by atomic mass is 17.1. The minimum atomic E-state index is -0.891. The maximum Gasteiger partial charge on any atom is 0.290 e. The van der Waals surface area contributed by atoms with E-state index in [4.69, 9.17) is 33.5 Å². The predicted molar refractivity (Wildman–Crippen MR) is 52.6 cm³/mol. The lowest BCUT2D eigenvalue weighted by Crippen LogP contribution is -2.22. The summed E-state index contributed by atoms with van der Waals surface area (Å²) >= 11 is 0. The van der Waals surface area contributed by atoms with Gasteiger partial charge >= 0.3 is 0 Å². The fraction of sp³-hybridized carbons (Fsp3) is 1.00. The number of hydrogen-bond acceptors (Lipinski definition) is 8. The zero-order chi connectivity index (χ0) is 12.9. The van der Waals surface area contributed by atoms with Crippen LogP contribution in [0.4, 0.5) is 0 Å². The molecule has 4 unspecified atom stereocenters. The molecule has 0 aromatic heterocycles. The number of ether oxygens (including phenoxy) is 7. The molecule has 0 radical (unpaired) electrons. The summed E-state index contributed by atoms with van der Waals surface area (Å²) in [6, 6.07) is 0. The van der Waals surface area contributed by atoms with E-state index in [9.17, 15) is 0 Å². The summed E-state index contributed by atoms with van der Waals surface area (Å²) < 4.78 is 36.5. The molecule has 2 spiro atoms. The van der Waals surface area contributed by atoms with Crippen molar-refractivity contribution < 1.29 is 38.3 Å². The van der Waals surface area contributed by atoms with Crippen LogP contribution in [0.15, 0.2) is 0 Å². The summed E-state index contributed by atoms with van der Waals surface area (Å²) in [6.45, 7) is 3.69. The van der Waals surface area contributed by atoms with Crippen molar-refractivity contribution >= 4 is 0 Å². The van der Waals surface area contributed by atoms with Crippen molar-refractivity contribution in [2.45, 2.75) is 37.5 Å². The van der Waals surface area contributed by atoms with Crippen molar-refractivity contribution in [2.75, 3.05) is 27.0 Å². The van der Waals surface area contributed by atoms with Crippen LogP contribution in [-0.4, -0.2) is 55.7 Å².